The van der Waals surface area contributed by atoms with E-state index in [-0.39, 0.29) is 12.5 Å². The van der Waals surface area contributed by atoms with E-state index in [1.807, 2.05) is 6.08 Å². The molecule has 2 atom stereocenters. The van der Waals surface area contributed by atoms with Crippen LogP contribution in [0.1, 0.15) is 354 Å². The number of carbonyl (C=O) groups excluding carboxylic acids is 1. The maximum absolute atomic E-state index is 12.5. The van der Waals surface area contributed by atoms with Gasteiger partial charge in [0.25, 0.3) is 0 Å². The average molecular weight is 1050 g/mol. The van der Waals surface area contributed by atoms with Gasteiger partial charge in [-0.15, -0.1) is 0 Å². The van der Waals surface area contributed by atoms with Gasteiger partial charge in [0.05, 0.1) is 18.8 Å². The number of amides is 1. The highest BCUT2D eigenvalue weighted by Crippen LogP contribution is 2.18. The van der Waals surface area contributed by atoms with Crippen molar-refractivity contribution in [2.75, 3.05) is 6.61 Å². The second-order valence-electron chi connectivity index (χ2n) is 22.9. The van der Waals surface area contributed by atoms with Crippen LogP contribution in [-0.4, -0.2) is 34.9 Å². The Kier molecular flexibility index (Phi) is 64.2. The molecule has 0 heterocycles. The van der Waals surface area contributed by atoms with Gasteiger partial charge in [-0.3, -0.25) is 4.79 Å². The minimum Gasteiger partial charge on any atom is -0.394 e. The van der Waals surface area contributed by atoms with E-state index in [1.54, 1.807) is 6.08 Å². The molecule has 4 heteroatoms. The number of aliphatic hydroxyl groups excluding tert-OH is 2. The quantitative estimate of drug-likeness (QED) is 0.0420. The Labute approximate surface area is 469 Å². The van der Waals surface area contributed by atoms with Crippen LogP contribution in [0.3, 0.4) is 0 Å². The van der Waals surface area contributed by atoms with Crippen molar-refractivity contribution < 1.29 is 15.0 Å². The zero-order valence-corrected chi connectivity index (χ0v) is 50.6. The second kappa shape index (κ2) is 66.1. The molecule has 0 saturated heterocycles. The van der Waals surface area contributed by atoms with Crippen LogP contribution < -0.4 is 5.32 Å². The first kappa shape index (κ1) is 72.8. The fourth-order valence-electron chi connectivity index (χ4n) is 10.4. The van der Waals surface area contributed by atoms with E-state index in [1.165, 1.54) is 276 Å². The van der Waals surface area contributed by atoms with Gasteiger partial charge in [-0.1, -0.05) is 350 Å². The summed E-state index contributed by atoms with van der Waals surface area (Å²) < 4.78 is 0. The molecule has 0 spiro atoms. The van der Waals surface area contributed by atoms with Crippen LogP contribution in [0.4, 0.5) is 0 Å². The molecule has 0 fully saturated rings. The molecule has 3 N–H and O–H groups in total. The van der Waals surface area contributed by atoms with Crippen LogP contribution in [0.2, 0.25) is 0 Å². The highest BCUT2D eigenvalue weighted by Gasteiger charge is 2.18. The van der Waals surface area contributed by atoms with E-state index in [2.05, 4.69) is 79.9 Å². The summed E-state index contributed by atoms with van der Waals surface area (Å²) in [7, 11) is 0. The monoisotopic (exact) mass is 1050 g/mol. The molecule has 0 radical (unpaired) electrons. The summed E-state index contributed by atoms with van der Waals surface area (Å²) in [4.78, 5) is 12.5. The van der Waals surface area contributed by atoms with Gasteiger partial charge in [0.1, 0.15) is 0 Å². The molecule has 0 aliphatic carbocycles. The first-order valence-corrected chi connectivity index (χ1v) is 33.7. The Hall–Kier alpha value is -2.17. The molecule has 0 bridgehead atoms. The van der Waals surface area contributed by atoms with Gasteiger partial charge in [-0.05, 0) is 70.6 Å². The van der Waals surface area contributed by atoms with E-state index in [0.717, 1.165) is 57.8 Å². The highest BCUT2D eigenvalue weighted by atomic mass is 16.3. The zero-order valence-electron chi connectivity index (χ0n) is 50.6. The van der Waals surface area contributed by atoms with Crippen molar-refractivity contribution >= 4 is 5.91 Å². The first-order valence-electron chi connectivity index (χ1n) is 33.7. The molecule has 0 aromatic heterocycles. The predicted octanol–water partition coefficient (Wildman–Crippen LogP) is 22.9. The van der Waals surface area contributed by atoms with Crippen molar-refractivity contribution in [3.05, 3.63) is 72.9 Å². The van der Waals surface area contributed by atoms with E-state index >= 15 is 0 Å². The number of rotatable bonds is 62. The fraction of sp³-hybridized carbons (Fsp3) is 0.817. The molecular formula is C71H131NO3. The summed E-state index contributed by atoms with van der Waals surface area (Å²) in [5.41, 5.74) is 0. The van der Waals surface area contributed by atoms with E-state index < -0.39 is 12.1 Å². The van der Waals surface area contributed by atoms with E-state index in [9.17, 15) is 15.0 Å². The highest BCUT2D eigenvalue weighted by molar-refractivity contribution is 5.76. The van der Waals surface area contributed by atoms with Crippen LogP contribution in [0, 0.1) is 0 Å². The molecule has 0 aliphatic rings. The number of unbranched alkanes of at least 4 members (excludes halogenated alkanes) is 45. The third kappa shape index (κ3) is 62.6. The minimum atomic E-state index is -0.864. The Morgan fingerprint density at radius 2 is 0.600 bits per heavy atom. The van der Waals surface area contributed by atoms with Crippen molar-refractivity contribution in [2.24, 2.45) is 0 Å². The average Bonchev–Trinajstić information content (AvgIpc) is 3.41. The van der Waals surface area contributed by atoms with E-state index in [0.29, 0.717) is 6.42 Å². The van der Waals surface area contributed by atoms with Crippen molar-refractivity contribution in [1.82, 2.24) is 5.32 Å². The number of hydrogen-bond acceptors (Lipinski definition) is 3. The first-order chi connectivity index (χ1) is 37.2. The maximum atomic E-state index is 12.5. The van der Waals surface area contributed by atoms with Crippen molar-refractivity contribution in [3.8, 4) is 0 Å². The molecule has 0 aliphatic heterocycles. The van der Waals surface area contributed by atoms with Crippen molar-refractivity contribution in [3.63, 3.8) is 0 Å². The third-order valence-corrected chi connectivity index (χ3v) is 15.4. The van der Waals surface area contributed by atoms with Crippen molar-refractivity contribution in [1.29, 1.82) is 0 Å². The predicted molar refractivity (Wildman–Crippen MR) is 336 cm³/mol. The standard InChI is InChI=1S/C71H131NO3/c1-3-5-7-9-11-13-15-17-19-21-23-25-27-29-30-31-32-33-34-35-36-37-38-39-40-41-42-43-45-47-49-51-53-55-57-59-61-63-65-67-71(75)72-69(68-73)70(74)66-64-62-60-58-56-54-52-50-48-46-44-28-26-24-22-20-18-16-14-12-10-8-6-4-2/h5,7,11,13,17,19,23,25,56,58,64,66,69-70,73-74H,3-4,6,8-10,12,14-16,18,20-22,24,26-55,57,59-63,65,67-68H2,1-2H3,(H,72,75)/b7-5-,13-11-,19-17-,25-23-,58-56+,66-64+. The molecule has 4 nitrogen and oxygen atoms in total. The van der Waals surface area contributed by atoms with Crippen LogP contribution in [0.15, 0.2) is 72.9 Å². The Morgan fingerprint density at radius 3 is 0.933 bits per heavy atom. The summed E-state index contributed by atoms with van der Waals surface area (Å²) in [6.07, 6.45) is 95.6. The van der Waals surface area contributed by atoms with Gasteiger partial charge in [-0.2, -0.15) is 0 Å². The maximum Gasteiger partial charge on any atom is 0.220 e. The molecule has 0 aromatic rings. The van der Waals surface area contributed by atoms with Gasteiger partial charge in [0.15, 0.2) is 0 Å². The van der Waals surface area contributed by atoms with Crippen LogP contribution in [0.5, 0.6) is 0 Å². The topological polar surface area (TPSA) is 69.6 Å². The summed E-state index contributed by atoms with van der Waals surface area (Å²) in [6.45, 7) is 4.22. The lowest BCUT2D eigenvalue weighted by Crippen LogP contribution is -2.45. The van der Waals surface area contributed by atoms with Crippen LogP contribution in [0.25, 0.3) is 0 Å². The van der Waals surface area contributed by atoms with Gasteiger partial charge < -0.3 is 15.5 Å². The normalized spacial score (nSPS) is 13.2. The summed E-state index contributed by atoms with van der Waals surface area (Å²) >= 11 is 0. The van der Waals surface area contributed by atoms with Gasteiger partial charge >= 0.3 is 0 Å². The number of nitrogens with one attached hydrogen (secondary N) is 1. The summed E-state index contributed by atoms with van der Waals surface area (Å²) in [5.74, 6) is -0.0676. The lowest BCUT2D eigenvalue weighted by atomic mass is 10.0. The lowest BCUT2D eigenvalue weighted by molar-refractivity contribution is -0.123. The largest absolute Gasteiger partial charge is 0.394 e. The SMILES string of the molecule is CC/C=C\C/C=C\C/C=C\C/C=C\CCCCCCCCCCCCCCCCCCCCCCCCCCCCC(=O)NC(CO)C(O)/C=C/CC/C=C/CCCCCCCCCCCCCCCCCCCC. The molecular weight excluding hydrogens is 915 g/mol. The number of aliphatic hydroxyl groups is 2. The summed E-state index contributed by atoms with van der Waals surface area (Å²) in [6, 6.07) is -0.640. The smallest absolute Gasteiger partial charge is 0.220 e. The number of allylic oxidation sites excluding steroid dienone is 11. The minimum absolute atomic E-state index is 0.0676. The number of carbonyl (C=O) groups is 1. The molecule has 2 unspecified atom stereocenters. The van der Waals surface area contributed by atoms with Gasteiger partial charge in [-0.25, -0.2) is 0 Å². The van der Waals surface area contributed by atoms with Gasteiger partial charge in [0, 0.05) is 6.42 Å². The Balaban J connectivity index is 3.44. The molecule has 75 heavy (non-hydrogen) atoms. The molecule has 0 aromatic carbocycles. The molecule has 0 rings (SSSR count). The van der Waals surface area contributed by atoms with E-state index in [4.69, 9.17) is 0 Å². The van der Waals surface area contributed by atoms with Crippen LogP contribution in [-0.2, 0) is 4.79 Å². The second-order valence-corrected chi connectivity index (χ2v) is 22.9. The fourth-order valence-corrected chi connectivity index (χ4v) is 10.4. The lowest BCUT2D eigenvalue weighted by Gasteiger charge is -2.19. The zero-order chi connectivity index (χ0) is 54.1. The summed E-state index contributed by atoms with van der Waals surface area (Å²) in [5, 5.41) is 23.2. The molecule has 1 amide bonds. The van der Waals surface area contributed by atoms with Gasteiger partial charge in [0.2, 0.25) is 5.91 Å². The third-order valence-electron chi connectivity index (χ3n) is 15.4. The Bertz CT molecular complexity index is 1280. The molecule has 0 saturated carbocycles. The molecule has 438 valence electrons. The number of hydrogen-bond donors (Lipinski definition) is 3. The Morgan fingerprint density at radius 1 is 0.333 bits per heavy atom. The van der Waals surface area contributed by atoms with Crippen LogP contribution >= 0.6 is 0 Å². The van der Waals surface area contributed by atoms with Crippen molar-refractivity contribution in [2.45, 2.75) is 366 Å².